The Kier molecular flexibility index (Phi) is 2.15. The largest absolute Gasteiger partial charge is 0.504 e. The molecule has 0 bridgehead atoms. The van der Waals surface area contributed by atoms with E-state index in [1.54, 1.807) is 13.2 Å². The lowest BCUT2D eigenvalue weighted by molar-refractivity contribution is 0.378. The third kappa shape index (κ3) is 1.49. The lowest BCUT2D eigenvalue weighted by Crippen LogP contribution is -1.86. The zero-order valence-corrected chi connectivity index (χ0v) is 9.47. The minimum absolute atomic E-state index is 0.176. The van der Waals surface area contributed by atoms with Gasteiger partial charge in [0.1, 0.15) is 0 Å². The predicted molar refractivity (Wildman–Crippen MR) is 69.7 cm³/mol. The van der Waals surface area contributed by atoms with Gasteiger partial charge in [0, 0.05) is 5.39 Å². The van der Waals surface area contributed by atoms with Crippen molar-refractivity contribution in [1.82, 2.24) is 0 Å². The lowest BCUT2D eigenvalue weighted by Gasteiger charge is -2.09. The van der Waals surface area contributed by atoms with Crippen LogP contribution in [0.3, 0.4) is 0 Å². The van der Waals surface area contributed by atoms with Crippen LogP contribution in [0.4, 0.5) is 0 Å². The second-order valence-corrected chi connectivity index (χ2v) is 4.04. The quantitative estimate of drug-likeness (QED) is 0.638. The van der Waals surface area contributed by atoms with Crippen LogP contribution >= 0.6 is 0 Å². The highest BCUT2D eigenvalue weighted by atomic mass is 16.5. The van der Waals surface area contributed by atoms with Gasteiger partial charge >= 0.3 is 0 Å². The van der Waals surface area contributed by atoms with E-state index in [-0.39, 0.29) is 5.75 Å². The molecule has 0 radical (unpaired) electrons. The summed E-state index contributed by atoms with van der Waals surface area (Å²) in [5, 5.41) is 14.1. The van der Waals surface area contributed by atoms with Gasteiger partial charge in [-0.1, -0.05) is 30.3 Å². The van der Waals surface area contributed by atoms with Gasteiger partial charge in [-0.2, -0.15) is 0 Å². The van der Waals surface area contributed by atoms with Crippen molar-refractivity contribution in [2.45, 2.75) is 0 Å². The SMILES string of the molecule is COc1c(O)ccc2cc3ccccc3cc12. The maximum absolute atomic E-state index is 9.76. The van der Waals surface area contributed by atoms with Crippen LogP contribution in [0.1, 0.15) is 0 Å². The van der Waals surface area contributed by atoms with Crippen LogP contribution < -0.4 is 4.74 Å². The molecule has 0 fully saturated rings. The molecular formula is C15H12O2. The summed E-state index contributed by atoms with van der Waals surface area (Å²) >= 11 is 0. The molecule has 0 atom stereocenters. The van der Waals surface area contributed by atoms with E-state index in [0.29, 0.717) is 5.75 Å². The molecule has 0 aromatic heterocycles. The molecule has 1 N–H and O–H groups in total. The van der Waals surface area contributed by atoms with Crippen LogP contribution in [0.5, 0.6) is 11.5 Å². The highest BCUT2D eigenvalue weighted by Gasteiger charge is 2.07. The second-order valence-electron chi connectivity index (χ2n) is 4.04. The van der Waals surface area contributed by atoms with Gasteiger partial charge in [-0.25, -0.2) is 0 Å². The van der Waals surface area contributed by atoms with Crippen molar-refractivity contribution >= 4 is 21.5 Å². The highest BCUT2D eigenvalue weighted by molar-refractivity contribution is 6.01. The van der Waals surface area contributed by atoms with Gasteiger partial charge in [-0.3, -0.25) is 0 Å². The number of rotatable bonds is 1. The maximum atomic E-state index is 9.76. The van der Waals surface area contributed by atoms with Crippen molar-refractivity contribution in [3.8, 4) is 11.5 Å². The molecule has 3 aromatic carbocycles. The van der Waals surface area contributed by atoms with Crippen molar-refractivity contribution in [3.63, 3.8) is 0 Å². The zero-order valence-electron chi connectivity index (χ0n) is 9.47. The van der Waals surface area contributed by atoms with Crippen LogP contribution in [-0.2, 0) is 0 Å². The first-order valence-electron chi connectivity index (χ1n) is 5.48. The summed E-state index contributed by atoms with van der Waals surface area (Å²) in [6.45, 7) is 0. The summed E-state index contributed by atoms with van der Waals surface area (Å²) in [6, 6.07) is 15.9. The average Bonchev–Trinajstić information content (AvgIpc) is 2.36. The second kappa shape index (κ2) is 3.67. The van der Waals surface area contributed by atoms with Crippen LogP contribution in [0, 0.1) is 0 Å². The molecule has 2 nitrogen and oxygen atoms in total. The third-order valence-electron chi connectivity index (χ3n) is 3.02. The normalized spacial score (nSPS) is 10.9. The summed E-state index contributed by atoms with van der Waals surface area (Å²) in [5.41, 5.74) is 0. The Bertz CT molecular complexity index is 702. The Hall–Kier alpha value is -2.22. The number of methoxy groups -OCH3 is 1. The molecule has 0 unspecified atom stereocenters. The van der Waals surface area contributed by atoms with Crippen molar-refractivity contribution in [1.29, 1.82) is 0 Å². The first kappa shape index (κ1) is 9.97. The van der Waals surface area contributed by atoms with Crippen molar-refractivity contribution in [3.05, 3.63) is 48.5 Å². The fourth-order valence-electron chi connectivity index (χ4n) is 2.19. The number of hydrogen-bond acceptors (Lipinski definition) is 2. The highest BCUT2D eigenvalue weighted by Crippen LogP contribution is 2.36. The van der Waals surface area contributed by atoms with E-state index in [4.69, 9.17) is 4.74 Å². The van der Waals surface area contributed by atoms with E-state index in [1.807, 2.05) is 24.3 Å². The minimum atomic E-state index is 0.176. The number of phenols is 1. The molecule has 0 aliphatic rings. The Balaban J connectivity index is 2.47. The fourth-order valence-corrected chi connectivity index (χ4v) is 2.19. The Morgan fingerprint density at radius 1 is 0.882 bits per heavy atom. The molecule has 0 spiro atoms. The molecule has 17 heavy (non-hydrogen) atoms. The number of benzene rings is 3. The molecule has 0 aliphatic carbocycles. The average molecular weight is 224 g/mol. The van der Waals surface area contributed by atoms with Crippen molar-refractivity contribution in [2.24, 2.45) is 0 Å². The molecule has 0 saturated heterocycles. The van der Waals surface area contributed by atoms with E-state index in [0.717, 1.165) is 16.2 Å². The van der Waals surface area contributed by atoms with E-state index < -0.39 is 0 Å². The van der Waals surface area contributed by atoms with Gasteiger partial charge in [0.05, 0.1) is 7.11 Å². The zero-order chi connectivity index (χ0) is 11.8. The van der Waals surface area contributed by atoms with Gasteiger partial charge in [0.15, 0.2) is 11.5 Å². The first-order chi connectivity index (χ1) is 8.29. The smallest absolute Gasteiger partial charge is 0.168 e. The van der Waals surface area contributed by atoms with Gasteiger partial charge in [0.2, 0.25) is 0 Å². The number of ether oxygens (including phenoxy) is 1. The summed E-state index contributed by atoms with van der Waals surface area (Å²) in [6.07, 6.45) is 0. The van der Waals surface area contributed by atoms with Crippen LogP contribution in [-0.4, -0.2) is 12.2 Å². The van der Waals surface area contributed by atoms with Gasteiger partial charge in [0.25, 0.3) is 0 Å². The molecule has 3 rings (SSSR count). The Labute approximate surface area is 99.1 Å². The van der Waals surface area contributed by atoms with Crippen LogP contribution in [0.2, 0.25) is 0 Å². The topological polar surface area (TPSA) is 29.5 Å². The summed E-state index contributed by atoms with van der Waals surface area (Å²) in [7, 11) is 1.57. The van der Waals surface area contributed by atoms with E-state index in [9.17, 15) is 5.11 Å². The van der Waals surface area contributed by atoms with Gasteiger partial charge in [-0.05, 0) is 34.4 Å². The molecule has 0 aliphatic heterocycles. The fraction of sp³-hybridized carbons (Fsp3) is 0.0667. The Morgan fingerprint density at radius 3 is 2.29 bits per heavy atom. The predicted octanol–water partition coefficient (Wildman–Crippen LogP) is 3.71. The van der Waals surface area contributed by atoms with Crippen LogP contribution in [0.25, 0.3) is 21.5 Å². The van der Waals surface area contributed by atoms with Crippen LogP contribution in [0.15, 0.2) is 48.5 Å². The summed E-state index contributed by atoms with van der Waals surface area (Å²) in [4.78, 5) is 0. The van der Waals surface area contributed by atoms with Crippen molar-refractivity contribution < 1.29 is 9.84 Å². The molecule has 84 valence electrons. The number of fused-ring (bicyclic) bond motifs is 2. The molecule has 3 aromatic rings. The van der Waals surface area contributed by atoms with E-state index in [1.165, 1.54) is 5.39 Å². The summed E-state index contributed by atoms with van der Waals surface area (Å²) in [5.74, 6) is 0.712. The molecule has 2 heteroatoms. The summed E-state index contributed by atoms with van der Waals surface area (Å²) < 4.78 is 5.26. The van der Waals surface area contributed by atoms with E-state index >= 15 is 0 Å². The number of aromatic hydroxyl groups is 1. The van der Waals surface area contributed by atoms with Crippen molar-refractivity contribution in [2.75, 3.05) is 7.11 Å². The lowest BCUT2D eigenvalue weighted by atomic mass is 10.0. The minimum Gasteiger partial charge on any atom is -0.504 e. The standard InChI is InChI=1S/C15H12O2/c1-17-15-13-9-11-5-3-2-4-10(11)8-12(13)6-7-14(15)16/h2-9,16H,1H3. The first-order valence-corrected chi connectivity index (χ1v) is 5.48. The number of phenolic OH excluding ortho intramolecular Hbond substituents is 1. The maximum Gasteiger partial charge on any atom is 0.168 e. The monoisotopic (exact) mass is 224 g/mol. The molecule has 0 amide bonds. The molecular weight excluding hydrogens is 212 g/mol. The third-order valence-corrected chi connectivity index (χ3v) is 3.02. The molecule has 0 heterocycles. The number of hydrogen-bond donors (Lipinski definition) is 1. The molecule has 0 saturated carbocycles. The Morgan fingerprint density at radius 2 is 1.59 bits per heavy atom. The van der Waals surface area contributed by atoms with Gasteiger partial charge in [-0.15, -0.1) is 0 Å². The van der Waals surface area contributed by atoms with Gasteiger partial charge < -0.3 is 9.84 Å². The van der Waals surface area contributed by atoms with E-state index in [2.05, 4.69) is 18.2 Å².